The molecule has 0 radical (unpaired) electrons. The molecule has 158 valence electrons. The first-order valence-corrected chi connectivity index (χ1v) is 10.1. The van der Waals surface area contributed by atoms with Crippen LogP contribution in [0.4, 0.5) is 4.79 Å². The minimum atomic E-state index is -1.16. The molecule has 2 aliphatic rings. The van der Waals surface area contributed by atoms with Gasteiger partial charge in [-0.25, -0.2) is 4.79 Å². The van der Waals surface area contributed by atoms with Crippen molar-refractivity contribution in [2.45, 2.75) is 32.7 Å². The summed E-state index contributed by atoms with van der Waals surface area (Å²) < 4.78 is 17.2. The van der Waals surface area contributed by atoms with E-state index >= 15 is 0 Å². The normalized spacial score (nSPS) is 20.7. The minimum absolute atomic E-state index is 0.164. The van der Waals surface area contributed by atoms with Crippen molar-refractivity contribution in [1.82, 2.24) is 10.2 Å². The molecule has 0 unspecified atom stereocenters. The van der Waals surface area contributed by atoms with Gasteiger partial charge in [-0.2, -0.15) is 0 Å². The second-order valence-corrected chi connectivity index (χ2v) is 7.90. The number of fused-ring (bicyclic) bond motifs is 1. The predicted molar refractivity (Wildman–Crippen MR) is 111 cm³/mol. The van der Waals surface area contributed by atoms with E-state index in [1.54, 1.807) is 25.1 Å². The molecule has 0 bridgehead atoms. The summed E-state index contributed by atoms with van der Waals surface area (Å²) in [5, 5.41) is 2.82. The monoisotopic (exact) mass is 410 g/mol. The number of ether oxygens (including phenoxy) is 3. The Bertz CT molecular complexity index is 969. The molecule has 0 spiro atoms. The summed E-state index contributed by atoms with van der Waals surface area (Å²) in [6, 6.07) is 10.8. The van der Waals surface area contributed by atoms with Gasteiger partial charge in [-0.05, 0) is 61.7 Å². The molecule has 0 aromatic heterocycles. The summed E-state index contributed by atoms with van der Waals surface area (Å²) in [7, 11) is 0. The fourth-order valence-corrected chi connectivity index (χ4v) is 3.84. The Morgan fingerprint density at radius 3 is 2.47 bits per heavy atom. The largest absolute Gasteiger partial charge is 0.492 e. The Labute approximate surface area is 175 Å². The van der Waals surface area contributed by atoms with Crippen LogP contribution >= 0.6 is 0 Å². The molecule has 0 aliphatic carbocycles. The number of aryl methyl sites for hydroxylation is 2. The Morgan fingerprint density at radius 1 is 1.03 bits per heavy atom. The highest BCUT2D eigenvalue weighted by atomic mass is 16.5. The van der Waals surface area contributed by atoms with Gasteiger partial charge in [0.2, 0.25) is 0 Å². The fourth-order valence-electron chi connectivity index (χ4n) is 3.84. The Morgan fingerprint density at radius 2 is 1.73 bits per heavy atom. The minimum Gasteiger partial charge on any atom is -0.492 e. The van der Waals surface area contributed by atoms with E-state index in [-0.39, 0.29) is 19.1 Å². The number of hydrogen-bond donors (Lipinski definition) is 1. The van der Waals surface area contributed by atoms with Crippen molar-refractivity contribution in [1.29, 1.82) is 0 Å². The van der Waals surface area contributed by atoms with E-state index in [2.05, 4.69) is 11.4 Å². The number of nitrogens with one attached hydrogen (secondary N) is 1. The molecule has 2 heterocycles. The number of rotatable bonds is 5. The summed E-state index contributed by atoms with van der Waals surface area (Å²) in [5.74, 6) is 1.65. The zero-order valence-corrected chi connectivity index (χ0v) is 17.5. The maximum absolute atomic E-state index is 13.1. The SMILES string of the molecule is Cc1cc(C)cc(OCCN2C(=O)N[C@@](C)(c3ccc4c(c3)OCCCO4)C2=O)c1. The zero-order chi connectivity index (χ0) is 21.3. The standard InChI is InChI=1S/C23H26N2O5/c1-15-11-16(2)13-18(12-15)28-10-7-25-21(26)23(3,24-22(25)27)17-5-6-19-20(14-17)30-9-4-8-29-19/h5-6,11-14H,4,7-10H2,1-3H3,(H,24,27)/t23-/m0/s1. The first-order valence-electron chi connectivity index (χ1n) is 10.1. The Balaban J connectivity index is 1.47. The van der Waals surface area contributed by atoms with Crippen LogP contribution in [0.25, 0.3) is 0 Å². The molecule has 1 saturated heterocycles. The first-order chi connectivity index (χ1) is 14.4. The van der Waals surface area contributed by atoms with Crippen LogP contribution in [0.5, 0.6) is 17.2 Å². The number of imide groups is 1. The number of benzene rings is 2. The van der Waals surface area contributed by atoms with E-state index in [0.717, 1.165) is 23.3 Å². The summed E-state index contributed by atoms with van der Waals surface area (Å²) >= 11 is 0. The number of nitrogens with zero attached hydrogens (tertiary/aromatic N) is 1. The number of amides is 3. The smallest absolute Gasteiger partial charge is 0.325 e. The van der Waals surface area contributed by atoms with Gasteiger partial charge in [-0.1, -0.05) is 12.1 Å². The fraction of sp³-hybridized carbons (Fsp3) is 0.391. The molecule has 2 aromatic rings. The van der Waals surface area contributed by atoms with Gasteiger partial charge in [0.25, 0.3) is 5.91 Å². The van der Waals surface area contributed by atoms with E-state index in [1.807, 2.05) is 26.0 Å². The molecule has 3 amide bonds. The molecular weight excluding hydrogens is 384 g/mol. The van der Waals surface area contributed by atoms with Crippen molar-refractivity contribution in [2.24, 2.45) is 0 Å². The quantitative estimate of drug-likeness (QED) is 0.766. The maximum Gasteiger partial charge on any atom is 0.325 e. The lowest BCUT2D eigenvalue weighted by Gasteiger charge is -2.23. The summed E-state index contributed by atoms with van der Waals surface area (Å²) in [5.41, 5.74) is 1.69. The maximum atomic E-state index is 13.1. The molecule has 1 fully saturated rings. The molecule has 7 nitrogen and oxygen atoms in total. The topological polar surface area (TPSA) is 77.1 Å². The lowest BCUT2D eigenvalue weighted by molar-refractivity contribution is -0.131. The van der Waals surface area contributed by atoms with Gasteiger partial charge in [0.15, 0.2) is 11.5 Å². The van der Waals surface area contributed by atoms with Crippen molar-refractivity contribution >= 4 is 11.9 Å². The van der Waals surface area contributed by atoms with E-state index in [9.17, 15) is 9.59 Å². The van der Waals surface area contributed by atoms with Gasteiger partial charge >= 0.3 is 6.03 Å². The van der Waals surface area contributed by atoms with E-state index in [1.165, 1.54) is 4.90 Å². The first kappa shape index (κ1) is 20.1. The molecule has 2 aliphatic heterocycles. The van der Waals surface area contributed by atoms with Gasteiger partial charge in [-0.15, -0.1) is 0 Å². The second kappa shape index (κ2) is 7.89. The molecule has 1 N–H and O–H groups in total. The van der Waals surface area contributed by atoms with Crippen LogP contribution < -0.4 is 19.5 Å². The number of carbonyl (C=O) groups is 2. The van der Waals surface area contributed by atoms with Crippen molar-refractivity contribution in [3.8, 4) is 17.2 Å². The highest BCUT2D eigenvalue weighted by Crippen LogP contribution is 2.36. The molecule has 1 atom stereocenters. The summed E-state index contributed by atoms with van der Waals surface area (Å²) in [6.07, 6.45) is 0.797. The Hall–Kier alpha value is -3.22. The molecule has 0 saturated carbocycles. The van der Waals surface area contributed by atoms with Crippen molar-refractivity contribution in [2.75, 3.05) is 26.4 Å². The van der Waals surface area contributed by atoms with Gasteiger partial charge in [-0.3, -0.25) is 9.69 Å². The van der Waals surface area contributed by atoms with Crippen LogP contribution in [-0.4, -0.2) is 43.2 Å². The highest BCUT2D eigenvalue weighted by molar-refractivity contribution is 6.07. The van der Waals surface area contributed by atoms with E-state index in [0.29, 0.717) is 30.3 Å². The third kappa shape index (κ3) is 3.79. The molecule has 30 heavy (non-hydrogen) atoms. The lowest BCUT2D eigenvalue weighted by atomic mass is 9.91. The van der Waals surface area contributed by atoms with Gasteiger partial charge in [0.05, 0.1) is 19.8 Å². The Kier molecular flexibility index (Phi) is 5.28. The molecule has 7 heteroatoms. The van der Waals surface area contributed by atoms with Crippen LogP contribution in [0.3, 0.4) is 0 Å². The highest BCUT2D eigenvalue weighted by Gasteiger charge is 2.49. The van der Waals surface area contributed by atoms with E-state index in [4.69, 9.17) is 14.2 Å². The second-order valence-electron chi connectivity index (χ2n) is 7.90. The van der Waals surface area contributed by atoms with Crippen LogP contribution in [0, 0.1) is 13.8 Å². The summed E-state index contributed by atoms with van der Waals surface area (Å²) in [4.78, 5) is 26.9. The van der Waals surface area contributed by atoms with Crippen molar-refractivity contribution < 1.29 is 23.8 Å². The molecule has 2 aromatic carbocycles. The third-order valence-electron chi connectivity index (χ3n) is 5.38. The van der Waals surface area contributed by atoms with Gasteiger partial charge < -0.3 is 19.5 Å². The number of urea groups is 1. The predicted octanol–water partition coefficient (Wildman–Crippen LogP) is 3.31. The number of carbonyl (C=O) groups excluding carboxylic acids is 2. The van der Waals surface area contributed by atoms with Crippen LogP contribution in [0.2, 0.25) is 0 Å². The lowest BCUT2D eigenvalue weighted by Crippen LogP contribution is -2.41. The van der Waals surface area contributed by atoms with Crippen LogP contribution in [-0.2, 0) is 10.3 Å². The van der Waals surface area contributed by atoms with E-state index < -0.39 is 11.6 Å². The average molecular weight is 410 g/mol. The zero-order valence-electron chi connectivity index (χ0n) is 17.5. The molecule has 4 rings (SSSR count). The van der Waals surface area contributed by atoms with Crippen LogP contribution in [0.15, 0.2) is 36.4 Å². The number of hydrogen-bond acceptors (Lipinski definition) is 5. The van der Waals surface area contributed by atoms with Crippen LogP contribution in [0.1, 0.15) is 30.0 Å². The molecular formula is C23H26N2O5. The van der Waals surface area contributed by atoms with Gasteiger partial charge in [0, 0.05) is 6.42 Å². The third-order valence-corrected chi connectivity index (χ3v) is 5.38. The van der Waals surface area contributed by atoms with Crippen molar-refractivity contribution in [3.05, 3.63) is 53.1 Å². The van der Waals surface area contributed by atoms with Gasteiger partial charge in [0.1, 0.15) is 17.9 Å². The van der Waals surface area contributed by atoms with Crippen molar-refractivity contribution in [3.63, 3.8) is 0 Å². The average Bonchev–Trinajstić information content (AvgIpc) is 2.86. The summed E-state index contributed by atoms with van der Waals surface area (Å²) in [6.45, 7) is 7.23.